The van der Waals surface area contributed by atoms with E-state index in [1.165, 1.54) is 24.8 Å². The molecule has 1 saturated heterocycles. The fraction of sp³-hybridized carbons (Fsp3) is 0.333. The summed E-state index contributed by atoms with van der Waals surface area (Å²) < 4.78 is 26.1. The van der Waals surface area contributed by atoms with Crippen LogP contribution in [0.2, 0.25) is 0 Å². The Morgan fingerprint density at radius 1 is 1.00 bits per heavy atom. The molecule has 0 aromatic heterocycles. The summed E-state index contributed by atoms with van der Waals surface area (Å²) in [5.74, 6) is -0.868. The molecule has 38 heavy (non-hydrogen) atoms. The molecule has 0 aliphatic carbocycles. The number of piperidine rings is 1. The molecular weight excluding hydrogens is 496 g/mol. The molecule has 2 aliphatic heterocycles. The number of anilines is 2. The SMILES string of the molecule is CC1CCCC(C)N1Cc1ccc(N=C(c2ccccc2)C2C(=O)Nc3ccc(NS(C)(=O)=O)cc32)cc1. The van der Waals surface area contributed by atoms with Crippen molar-refractivity contribution in [3.05, 3.63) is 89.5 Å². The highest BCUT2D eigenvalue weighted by atomic mass is 32.2. The zero-order chi connectivity index (χ0) is 26.9. The van der Waals surface area contributed by atoms with Gasteiger partial charge in [-0.15, -0.1) is 0 Å². The highest BCUT2D eigenvalue weighted by Gasteiger charge is 2.36. The molecule has 0 saturated carbocycles. The third-order valence-corrected chi connectivity index (χ3v) is 8.06. The van der Waals surface area contributed by atoms with Gasteiger partial charge in [0.1, 0.15) is 5.92 Å². The number of carbonyl (C=O) groups is 1. The predicted molar refractivity (Wildman–Crippen MR) is 154 cm³/mol. The molecule has 0 radical (unpaired) electrons. The van der Waals surface area contributed by atoms with Gasteiger partial charge < -0.3 is 5.32 Å². The minimum atomic E-state index is -3.46. The van der Waals surface area contributed by atoms with Crippen molar-refractivity contribution in [3.63, 3.8) is 0 Å². The van der Waals surface area contributed by atoms with Crippen molar-refractivity contribution in [1.82, 2.24) is 4.90 Å². The number of fused-ring (bicyclic) bond motifs is 1. The normalized spacial score (nSPS) is 22.1. The molecular formula is C30H34N4O3S. The lowest BCUT2D eigenvalue weighted by Crippen LogP contribution is -2.42. The largest absolute Gasteiger partial charge is 0.325 e. The Balaban J connectivity index is 1.49. The van der Waals surface area contributed by atoms with Crippen molar-refractivity contribution in [1.29, 1.82) is 0 Å². The maximum atomic E-state index is 13.2. The third kappa shape index (κ3) is 5.81. The van der Waals surface area contributed by atoms with Crippen LogP contribution < -0.4 is 10.0 Å². The van der Waals surface area contributed by atoms with Gasteiger partial charge in [0, 0.05) is 30.0 Å². The van der Waals surface area contributed by atoms with Crippen LogP contribution in [0.5, 0.6) is 0 Å². The van der Waals surface area contributed by atoms with Gasteiger partial charge in [0.05, 0.1) is 17.7 Å². The van der Waals surface area contributed by atoms with Gasteiger partial charge in [-0.25, -0.2) is 8.42 Å². The number of nitrogens with one attached hydrogen (secondary N) is 2. The van der Waals surface area contributed by atoms with Gasteiger partial charge in [0.2, 0.25) is 15.9 Å². The first-order valence-corrected chi connectivity index (χ1v) is 15.0. The van der Waals surface area contributed by atoms with Crippen LogP contribution in [0.4, 0.5) is 17.1 Å². The number of hydrogen-bond donors (Lipinski definition) is 2. The first-order valence-electron chi connectivity index (χ1n) is 13.1. The molecule has 3 aromatic rings. The number of hydrogen-bond acceptors (Lipinski definition) is 5. The fourth-order valence-electron chi connectivity index (χ4n) is 5.53. The topological polar surface area (TPSA) is 90.9 Å². The molecule has 198 valence electrons. The van der Waals surface area contributed by atoms with Crippen LogP contribution in [0.25, 0.3) is 0 Å². The van der Waals surface area contributed by atoms with E-state index in [1.54, 1.807) is 18.2 Å². The highest BCUT2D eigenvalue weighted by Crippen LogP contribution is 2.38. The Bertz CT molecular complexity index is 1440. The summed E-state index contributed by atoms with van der Waals surface area (Å²) in [6.45, 7) is 5.52. The van der Waals surface area contributed by atoms with E-state index in [4.69, 9.17) is 4.99 Å². The van der Waals surface area contributed by atoms with E-state index in [9.17, 15) is 13.2 Å². The number of amides is 1. The summed E-state index contributed by atoms with van der Waals surface area (Å²) in [7, 11) is -3.46. The summed E-state index contributed by atoms with van der Waals surface area (Å²) in [5.41, 5.74) is 5.21. The van der Waals surface area contributed by atoms with Gasteiger partial charge in [0.25, 0.3) is 0 Å². The van der Waals surface area contributed by atoms with Gasteiger partial charge in [0.15, 0.2) is 0 Å². The lowest BCUT2D eigenvalue weighted by Gasteiger charge is -2.39. The van der Waals surface area contributed by atoms with E-state index in [0.717, 1.165) is 24.1 Å². The van der Waals surface area contributed by atoms with Crippen LogP contribution in [-0.2, 0) is 21.4 Å². The van der Waals surface area contributed by atoms with Crippen LogP contribution in [0.3, 0.4) is 0 Å². The molecule has 2 heterocycles. The summed E-state index contributed by atoms with van der Waals surface area (Å²) >= 11 is 0. The zero-order valence-corrected chi connectivity index (χ0v) is 22.8. The van der Waals surface area contributed by atoms with Crippen molar-refractivity contribution in [2.75, 3.05) is 16.3 Å². The van der Waals surface area contributed by atoms with Crippen LogP contribution in [0.1, 0.15) is 55.7 Å². The van der Waals surface area contributed by atoms with Crippen molar-refractivity contribution >= 4 is 38.7 Å². The fourth-order valence-corrected chi connectivity index (χ4v) is 6.08. The zero-order valence-electron chi connectivity index (χ0n) is 22.0. The van der Waals surface area contributed by atoms with Crippen molar-refractivity contribution in [2.24, 2.45) is 4.99 Å². The average molecular weight is 531 g/mol. The third-order valence-electron chi connectivity index (χ3n) is 7.46. The number of likely N-dealkylation sites (tertiary alicyclic amines) is 1. The quantitative estimate of drug-likeness (QED) is 0.385. The van der Waals surface area contributed by atoms with Crippen molar-refractivity contribution < 1.29 is 13.2 Å². The average Bonchev–Trinajstić information content (AvgIpc) is 3.20. The standard InChI is InChI=1S/C30H34N4O3S/c1-20-8-7-9-21(2)34(20)19-22-12-14-24(15-13-22)31-29(23-10-5-4-6-11-23)28-26-18-25(33-38(3,36)37)16-17-27(26)32-30(28)35/h4-6,10-18,20-21,28,33H,7-9,19H2,1-3H3,(H,32,35). The van der Waals surface area contributed by atoms with Gasteiger partial charge in [-0.3, -0.25) is 19.4 Å². The Labute approximate surface area is 225 Å². The molecule has 2 aliphatic rings. The molecule has 0 spiro atoms. The van der Waals surface area contributed by atoms with Gasteiger partial charge in [-0.05, 0) is 73.7 Å². The second kappa shape index (κ2) is 10.7. The first-order chi connectivity index (χ1) is 18.2. The minimum absolute atomic E-state index is 0.191. The number of rotatable bonds is 7. The smallest absolute Gasteiger partial charge is 0.238 e. The van der Waals surface area contributed by atoms with Gasteiger partial charge in [-0.1, -0.05) is 48.9 Å². The monoisotopic (exact) mass is 530 g/mol. The number of nitrogens with zero attached hydrogens (tertiary/aromatic N) is 2. The van der Waals surface area contributed by atoms with E-state index in [2.05, 4.69) is 40.9 Å². The van der Waals surface area contributed by atoms with E-state index in [1.807, 2.05) is 42.5 Å². The lowest BCUT2D eigenvalue weighted by molar-refractivity contribution is -0.115. The Hall–Kier alpha value is -3.49. The molecule has 3 unspecified atom stereocenters. The predicted octanol–water partition coefficient (Wildman–Crippen LogP) is 5.68. The molecule has 1 fully saturated rings. The van der Waals surface area contributed by atoms with E-state index in [0.29, 0.717) is 34.7 Å². The van der Waals surface area contributed by atoms with E-state index in [-0.39, 0.29) is 5.91 Å². The molecule has 2 N–H and O–H groups in total. The second-order valence-corrected chi connectivity index (χ2v) is 12.2. The number of aliphatic imine (C=N–C) groups is 1. The summed E-state index contributed by atoms with van der Waals surface area (Å²) in [5, 5.41) is 2.93. The van der Waals surface area contributed by atoms with E-state index < -0.39 is 15.9 Å². The van der Waals surface area contributed by atoms with Crippen LogP contribution >= 0.6 is 0 Å². The number of benzene rings is 3. The van der Waals surface area contributed by atoms with Crippen LogP contribution in [0.15, 0.2) is 77.8 Å². The Kier molecular flexibility index (Phi) is 7.36. The second-order valence-electron chi connectivity index (χ2n) is 10.4. The maximum Gasteiger partial charge on any atom is 0.238 e. The lowest BCUT2D eigenvalue weighted by atomic mass is 9.90. The summed E-state index contributed by atoms with van der Waals surface area (Å²) in [6.07, 6.45) is 4.87. The Morgan fingerprint density at radius 3 is 2.34 bits per heavy atom. The maximum absolute atomic E-state index is 13.2. The summed E-state index contributed by atoms with van der Waals surface area (Å²) in [6, 6.07) is 24.1. The molecule has 5 rings (SSSR count). The molecule has 1 amide bonds. The molecule has 8 heteroatoms. The number of sulfonamides is 1. The van der Waals surface area contributed by atoms with Crippen LogP contribution in [0, 0.1) is 0 Å². The summed E-state index contributed by atoms with van der Waals surface area (Å²) in [4.78, 5) is 20.8. The molecule has 3 aromatic carbocycles. The van der Waals surface area contributed by atoms with E-state index >= 15 is 0 Å². The Morgan fingerprint density at radius 2 is 1.68 bits per heavy atom. The minimum Gasteiger partial charge on any atom is -0.325 e. The molecule has 0 bridgehead atoms. The highest BCUT2D eigenvalue weighted by molar-refractivity contribution is 7.92. The first kappa shape index (κ1) is 26.1. The van der Waals surface area contributed by atoms with Gasteiger partial charge in [-0.2, -0.15) is 0 Å². The molecule has 7 nitrogen and oxygen atoms in total. The van der Waals surface area contributed by atoms with Crippen LogP contribution in [-0.4, -0.2) is 43.3 Å². The van der Waals surface area contributed by atoms with Crippen molar-refractivity contribution in [2.45, 2.75) is 57.7 Å². The number of carbonyl (C=O) groups excluding carboxylic acids is 1. The molecule has 3 atom stereocenters. The van der Waals surface area contributed by atoms with Crippen molar-refractivity contribution in [3.8, 4) is 0 Å². The van der Waals surface area contributed by atoms with Gasteiger partial charge >= 0.3 is 0 Å².